The fourth-order valence-corrected chi connectivity index (χ4v) is 4.15. The number of ether oxygens (including phenoxy) is 1. The Morgan fingerprint density at radius 1 is 1.07 bits per heavy atom. The van der Waals surface area contributed by atoms with Crippen molar-refractivity contribution in [2.24, 2.45) is 0 Å². The number of nitrogens with zero attached hydrogens (tertiary/aromatic N) is 1. The minimum Gasteiger partial charge on any atom is -0.492 e. The molecule has 28 heavy (non-hydrogen) atoms. The molecule has 4 aromatic rings. The van der Waals surface area contributed by atoms with Gasteiger partial charge in [-0.1, -0.05) is 42.5 Å². The molecule has 4 rings (SSSR count). The van der Waals surface area contributed by atoms with Crippen molar-refractivity contribution in [3.63, 3.8) is 0 Å². The minimum atomic E-state index is -0.122. The van der Waals surface area contributed by atoms with Crippen LogP contribution in [0.25, 0.3) is 10.2 Å². The Balaban J connectivity index is 1.61. The molecule has 0 saturated heterocycles. The van der Waals surface area contributed by atoms with Crippen LogP contribution in [0.5, 0.6) is 5.75 Å². The molecule has 2 aromatic carbocycles. The first-order chi connectivity index (χ1) is 13.8. The van der Waals surface area contributed by atoms with Gasteiger partial charge in [0.25, 0.3) is 5.91 Å². The number of benzene rings is 2. The van der Waals surface area contributed by atoms with Crippen LogP contribution < -0.4 is 10.1 Å². The summed E-state index contributed by atoms with van der Waals surface area (Å²) in [5.74, 6) is 0.561. The Hall–Kier alpha value is -3.05. The van der Waals surface area contributed by atoms with E-state index >= 15 is 0 Å². The first kappa shape index (κ1) is 18.3. The number of hydrogen-bond acceptors (Lipinski definition) is 3. The van der Waals surface area contributed by atoms with Crippen molar-refractivity contribution < 1.29 is 9.53 Å². The number of carbonyl (C=O) groups is 1. The lowest BCUT2D eigenvalue weighted by Gasteiger charge is -2.13. The van der Waals surface area contributed by atoms with Crippen molar-refractivity contribution in [3.05, 3.63) is 83.4 Å². The van der Waals surface area contributed by atoms with Crippen molar-refractivity contribution in [2.45, 2.75) is 19.9 Å². The van der Waals surface area contributed by atoms with Gasteiger partial charge in [0.1, 0.15) is 11.4 Å². The summed E-state index contributed by atoms with van der Waals surface area (Å²) in [6, 6.07) is 21.9. The van der Waals surface area contributed by atoms with Gasteiger partial charge >= 0.3 is 0 Å². The van der Waals surface area contributed by atoms with Gasteiger partial charge in [0.05, 0.1) is 22.5 Å². The molecule has 0 saturated carbocycles. The van der Waals surface area contributed by atoms with Crippen LogP contribution in [0, 0.1) is 0 Å². The number of aromatic nitrogens is 1. The topological polar surface area (TPSA) is 43.3 Å². The molecule has 2 heterocycles. The number of rotatable bonds is 7. The van der Waals surface area contributed by atoms with Crippen molar-refractivity contribution in [2.75, 3.05) is 11.9 Å². The Morgan fingerprint density at radius 3 is 2.68 bits per heavy atom. The smallest absolute Gasteiger partial charge is 0.272 e. The van der Waals surface area contributed by atoms with E-state index in [0.717, 1.165) is 23.2 Å². The maximum absolute atomic E-state index is 13.1. The van der Waals surface area contributed by atoms with Gasteiger partial charge in [-0.25, -0.2) is 0 Å². The molecule has 0 spiro atoms. The first-order valence-electron chi connectivity index (χ1n) is 9.40. The average molecular weight is 391 g/mol. The molecule has 0 fully saturated rings. The lowest BCUT2D eigenvalue weighted by atomic mass is 10.1. The highest BCUT2D eigenvalue weighted by Gasteiger charge is 2.18. The van der Waals surface area contributed by atoms with Gasteiger partial charge in [-0.15, -0.1) is 11.3 Å². The quantitative estimate of drug-likeness (QED) is 0.447. The number of hydrogen-bond donors (Lipinski definition) is 1. The van der Waals surface area contributed by atoms with E-state index in [0.29, 0.717) is 23.7 Å². The summed E-state index contributed by atoms with van der Waals surface area (Å²) in [6.45, 7) is 3.23. The number of fused-ring (bicyclic) bond motifs is 1. The zero-order valence-corrected chi connectivity index (χ0v) is 16.5. The van der Waals surface area contributed by atoms with Gasteiger partial charge in [-0.3, -0.25) is 4.79 Å². The summed E-state index contributed by atoms with van der Waals surface area (Å²) in [6.07, 6.45) is 0.871. The first-order valence-corrected chi connectivity index (χ1v) is 10.3. The summed E-state index contributed by atoms with van der Waals surface area (Å²) in [5, 5.41) is 5.09. The molecule has 0 radical (unpaired) electrons. The molecule has 0 unspecified atom stereocenters. The Labute approximate surface area is 168 Å². The zero-order valence-electron chi connectivity index (χ0n) is 15.7. The van der Waals surface area contributed by atoms with Gasteiger partial charge in [0.15, 0.2) is 0 Å². The molecular formula is C23H22N2O2S. The Morgan fingerprint density at radius 2 is 1.86 bits per heavy atom. The van der Waals surface area contributed by atoms with Crippen molar-refractivity contribution in [3.8, 4) is 5.75 Å². The zero-order chi connectivity index (χ0) is 19.3. The van der Waals surface area contributed by atoms with E-state index < -0.39 is 0 Å². The second-order valence-electron chi connectivity index (χ2n) is 6.47. The van der Waals surface area contributed by atoms with E-state index in [1.54, 1.807) is 11.3 Å². The SMILES string of the molecule is CCOc1ccccc1NC(=O)c1cc2sccc2n1CCc1ccccc1. The van der Waals surface area contributed by atoms with Gasteiger partial charge in [0.2, 0.25) is 0 Å². The van der Waals surface area contributed by atoms with Crippen LogP contribution in [-0.2, 0) is 13.0 Å². The highest BCUT2D eigenvalue weighted by Crippen LogP contribution is 2.28. The van der Waals surface area contributed by atoms with Gasteiger partial charge < -0.3 is 14.6 Å². The summed E-state index contributed by atoms with van der Waals surface area (Å²) in [4.78, 5) is 13.1. The van der Waals surface area contributed by atoms with Gasteiger partial charge in [-0.2, -0.15) is 0 Å². The third-order valence-corrected chi connectivity index (χ3v) is 5.51. The molecule has 142 valence electrons. The summed E-state index contributed by atoms with van der Waals surface area (Å²) in [7, 11) is 0. The lowest BCUT2D eigenvalue weighted by molar-refractivity contribution is 0.101. The Bertz CT molecular complexity index is 1080. The van der Waals surface area contributed by atoms with E-state index in [1.807, 2.05) is 55.5 Å². The van der Waals surface area contributed by atoms with Crippen molar-refractivity contribution in [1.29, 1.82) is 0 Å². The number of thiophene rings is 1. The molecule has 1 amide bonds. The Kier molecular flexibility index (Phi) is 5.44. The highest BCUT2D eigenvalue weighted by molar-refractivity contribution is 7.17. The van der Waals surface area contributed by atoms with E-state index in [4.69, 9.17) is 4.74 Å². The molecule has 5 heteroatoms. The third kappa shape index (κ3) is 3.80. The van der Waals surface area contributed by atoms with Crippen molar-refractivity contribution >= 4 is 33.1 Å². The molecule has 0 bridgehead atoms. The number of para-hydroxylation sites is 2. The van der Waals surface area contributed by atoms with Crippen LogP contribution in [0.1, 0.15) is 23.0 Å². The molecule has 4 nitrogen and oxygen atoms in total. The standard InChI is InChI=1S/C23H22N2O2S/c1-2-27-21-11-7-6-10-18(21)24-23(26)20-16-22-19(13-15-28-22)25(20)14-12-17-8-4-3-5-9-17/h3-11,13,15-16H,2,12,14H2,1H3,(H,24,26). The van der Waals surface area contributed by atoms with E-state index in [1.165, 1.54) is 5.56 Å². The fraction of sp³-hybridized carbons (Fsp3) is 0.174. The van der Waals surface area contributed by atoms with Crippen LogP contribution in [0.15, 0.2) is 72.1 Å². The summed E-state index contributed by atoms with van der Waals surface area (Å²) >= 11 is 1.65. The average Bonchev–Trinajstić information content (AvgIpc) is 3.30. The highest BCUT2D eigenvalue weighted by atomic mass is 32.1. The second kappa shape index (κ2) is 8.31. The monoisotopic (exact) mass is 390 g/mol. The predicted molar refractivity (Wildman–Crippen MR) is 116 cm³/mol. The van der Waals surface area contributed by atoms with Gasteiger partial charge in [-0.05, 0) is 48.6 Å². The van der Waals surface area contributed by atoms with E-state index in [2.05, 4.69) is 33.5 Å². The summed E-state index contributed by atoms with van der Waals surface area (Å²) < 4.78 is 8.86. The van der Waals surface area contributed by atoms with E-state index in [-0.39, 0.29) is 5.91 Å². The number of nitrogens with one attached hydrogen (secondary N) is 1. The molecule has 0 aliphatic heterocycles. The number of amides is 1. The van der Waals surface area contributed by atoms with Crippen LogP contribution in [0.4, 0.5) is 5.69 Å². The number of anilines is 1. The second-order valence-corrected chi connectivity index (χ2v) is 7.42. The molecular weight excluding hydrogens is 368 g/mol. The largest absolute Gasteiger partial charge is 0.492 e. The number of aryl methyl sites for hydroxylation is 2. The molecule has 2 aromatic heterocycles. The predicted octanol–water partition coefficient (Wildman–Crippen LogP) is 5.60. The number of carbonyl (C=O) groups excluding carboxylic acids is 1. The molecule has 0 atom stereocenters. The van der Waals surface area contributed by atoms with Crippen molar-refractivity contribution in [1.82, 2.24) is 4.57 Å². The van der Waals surface area contributed by atoms with Crippen LogP contribution in [0.2, 0.25) is 0 Å². The fourth-order valence-electron chi connectivity index (χ4n) is 3.33. The lowest BCUT2D eigenvalue weighted by Crippen LogP contribution is -2.18. The molecule has 0 aliphatic carbocycles. The third-order valence-electron chi connectivity index (χ3n) is 4.66. The molecule has 0 aliphatic rings. The minimum absolute atomic E-state index is 0.122. The van der Waals surface area contributed by atoms with Crippen LogP contribution in [-0.4, -0.2) is 17.1 Å². The summed E-state index contributed by atoms with van der Waals surface area (Å²) in [5.41, 5.74) is 3.72. The van der Waals surface area contributed by atoms with Gasteiger partial charge in [0, 0.05) is 6.54 Å². The maximum atomic E-state index is 13.1. The van der Waals surface area contributed by atoms with Crippen LogP contribution in [0.3, 0.4) is 0 Å². The normalized spacial score (nSPS) is 10.9. The molecule has 1 N–H and O–H groups in total. The van der Waals surface area contributed by atoms with E-state index in [9.17, 15) is 4.79 Å². The van der Waals surface area contributed by atoms with Crippen LogP contribution >= 0.6 is 11.3 Å². The maximum Gasteiger partial charge on any atom is 0.272 e.